The second kappa shape index (κ2) is 8.25. The second-order valence-corrected chi connectivity index (χ2v) is 6.48. The maximum absolute atomic E-state index is 12.0. The minimum Gasteiger partial charge on any atom is -0.466 e. The Morgan fingerprint density at radius 2 is 1.52 bits per heavy atom. The summed E-state index contributed by atoms with van der Waals surface area (Å²) in [7, 11) is 0. The van der Waals surface area contributed by atoms with Crippen molar-refractivity contribution in [3.8, 4) is 0 Å². The molecule has 4 heteroatoms. The van der Waals surface area contributed by atoms with Crippen LogP contribution in [-0.4, -0.2) is 11.6 Å². The minimum atomic E-state index is -0.573. The summed E-state index contributed by atoms with van der Waals surface area (Å²) in [5.41, 5.74) is 1.15. The summed E-state index contributed by atoms with van der Waals surface area (Å²) < 4.78 is 6.86. The predicted molar refractivity (Wildman–Crippen MR) is 93.4 cm³/mol. The van der Waals surface area contributed by atoms with Crippen LogP contribution in [0.5, 0.6) is 0 Å². The fourth-order valence-corrected chi connectivity index (χ4v) is 2.80. The lowest BCUT2D eigenvalue weighted by molar-refractivity contribution is -0.132. The molecule has 0 saturated carbocycles. The molecule has 1 aromatic carbocycles. The Labute approximate surface area is 145 Å². The Bertz CT molecular complexity index is 654. The fourth-order valence-electron chi connectivity index (χ4n) is 2.53. The van der Waals surface area contributed by atoms with Gasteiger partial charge in [-0.25, -0.2) is 0 Å². The maximum atomic E-state index is 12.0. The lowest BCUT2D eigenvalue weighted by Gasteiger charge is -2.11. The van der Waals surface area contributed by atoms with E-state index < -0.39 is 5.92 Å². The van der Waals surface area contributed by atoms with Gasteiger partial charge in [0.2, 0.25) is 0 Å². The predicted octanol–water partition coefficient (Wildman–Crippen LogP) is 4.75. The van der Waals surface area contributed by atoms with E-state index in [1.165, 1.54) is 0 Å². The van der Waals surface area contributed by atoms with Gasteiger partial charge in [0.05, 0.1) is 5.92 Å². The number of rotatable bonds is 8. The molecule has 1 heterocycles. The molecule has 0 spiro atoms. The van der Waals surface area contributed by atoms with Crippen LogP contribution in [0.3, 0.4) is 0 Å². The molecule has 3 nitrogen and oxygen atoms in total. The van der Waals surface area contributed by atoms with E-state index in [1.54, 1.807) is 13.8 Å². The van der Waals surface area contributed by atoms with Crippen molar-refractivity contribution in [3.05, 3.63) is 58.0 Å². The molecule has 0 saturated heterocycles. The maximum Gasteiger partial charge on any atom is 0.143 e. The van der Waals surface area contributed by atoms with E-state index in [0.29, 0.717) is 31.4 Å². The van der Waals surface area contributed by atoms with Crippen LogP contribution in [0.2, 0.25) is 0 Å². The van der Waals surface area contributed by atoms with Gasteiger partial charge < -0.3 is 4.42 Å². The highest BCUT2D eigenvalue weighted by molar-refractivity contribution is 9.10. The standard InChI is InChI=1S/C19H21BrO3/c1-3-18(21)17(19(22)4-2)12-16-10-9-15(23-16)11-13-5-7-14(20)8-6-13/h5-10,17H,3-4,11-12H2,1-2H3. The number of carbonyl (C=O) groups excluding carboxylic acids is 2. The molecule has 0 atom stereocenters. The van der Waals surface area contributed by atoms with E-state index in [2.05, 4.69) is 15.9 Å². The molecule has 0 amide bonds. The summed E-state index contributed by atoms with van der Waals surface area (Å²) >= 11 is 3.42. The van der Waals surface area contributed by atoms with Crippen molar-refractivity contribution in [1.82, 2.24) is 0 Å². The molecular formula is C19H21BrO3. The van der Waals surface area contributed by atoms with Crippen LogP contribution in [0, 0.1) is 5.92 Å². The van der Waals surface area contributed by atoms with Crippen molar-refractivity contribution in [3.63, 3.8) is 0 Å². The molecule has 0 bridgehead atoms. The summed E-state index contributed by atoms with van der Waals surface area (Å²) in [6.45, 7) is 3.58. The van der Waals surface area contributed by atoms with Crippen LogP contribution < -0.4 is 0 Å². The Hall–Kier alpha value is -1.68. The minimum absolute atomic E-state index is 0.0114. The van der Waals surface area contributed by atoms with Crippen LogP contribution in [0.4, 0.5) is 0 Å². The highest BCUT2D eigenvalue weighted by atomic mass is 79.9. The number of Topliss-reactive ketones (excluding diaryl/α,β-unsaturated/α-hetero) is 2. The monoisotopic (exact) mass is 376 g/mol. The van der Waals surface area contributed by atoms with E-state index in [1.807, 2.05) is 36.4 Å². The molecular weight excluding hydrogens is 356 g/mol. The number of carbonyl (C=O) groups is 2. The van der Waals surface area contributed by atoms with Gasteiger partial charge >= 0.3 is 0 Å². The molecule has 0 unspecified atom stereocenters. The van der Waals surface area contributed by atoms with Crippen molar-refractivity contribution in [1.29, 1.82) is 0 Å². The van der Waals surface area contributed by atoms with Gasteiger partial charge in [0, 0.05) is 30.2 Å². The largest absolute Gasteiger partial charge is 0.466 e. The quantitative estimate of drug-likeness (QED) is 0.624. The van der Waals surface area contributed by atoms with Crippen LogP contribution in [0.1, 0.15) is 43.8 Å². The van der Waals surface area contributed by atoms with E-state index in [9.17, 15) is 9.59 Å². The van der Waals surface area contributed by atoms with Crippen molar-refractivity contribution in [2.45, 2.75) is 39.5 Å². The molecule has 1 aromatic heterocycles. The van der Waals surface area contributed by atoms with E-state index >= 15 is 0 Å². The molecule has 23 heavy (non-hydrogen) atoms. The SMILES string of the molecule is CCC(=O)C(Cc1ccc(Cc2ccc(Br)cc2)o1)C(=O)CC. The van der Waals surface area contributed by atoms with Crippen LogP contribution in [-0.2, 0) is 22.4 Å². The molecule has 0 fully saturated rings. The molecule has 2 aromatic rings. The summed E-state index contributed by atoms with van der Waals surface area (Å²) in [5, 5.41) is 0. The average Bonchev–Trinajstić information content (AvgIpc) is 3.00. The van der Waals surface area contributed by atoms with Gasteiger partial charge in [-0.2, -0.15) is 0 Å². The van der Waals surface area contributed by atoms with Gasteiger partial charge in [-0.05, 0) is 29.8 Å². The fraction of sp³-hybridized carbons (Fsp3) is 0.368. The Balaban J connectivity index is 2.07. The van der Waals surface area contributed by atoms with E-state index in [0.717, 1.165) is 15.8 Å². The zero-order valence-electron chi connectivity index (χ0n) is 13.5. The molecule has 122 valence electrons. The number of hydrogen-bond acceptors (Lipinski definition) is 3. The summed E-state index contributed by atoms with van der Waals surface area (Å²) in [4.78, 5) is 24.0. The first-order chi connectivity index (χ1) is 11.0. The van der Waals surface area contributed by atoms with Gasteiger partial charge in [0.25, 0.3) is 0 Å². The third-order valence-corrected chi connectivity index (χ3v) is 4.42. The smallest absolute Gasteiger partial charge is 0.143 e. The molecule has 0 aliphatic carbocycles. The molecule has 2 rings (SSSR count). The topological polar surface area (TPSA) is 47.3 Å². The highest BCUT2D eigenvalue weighted by Crippen LogP contribution is 2.20. The van der Waals surface area contributed by atoms with Crippen molar-refractivity contribution < 1.29 is 14.0 Å². The van der Waals surface area contributed by atoms with Crippen molar-refractivity contribution in [2.75, 3.05) is 0 Å². The molecule has 0 radical (unpaired) electrons. The van der Waals surface area contributed by atoms with Crippen LogP contribution in [0.25, 0.3) is 0 Å². The van der Waals surface area contributed by atoms with Gasteiger partial charge in [0.15, 0.2) is 0 Å². The highest BCUT2D eigenvalue weighted by Gasteiger charge is 2.25. The lowest BCUT2D eigenvalue weighted by atomic mass is 9.91. The van der Waals surface area contributed by atoms with Gasteiger partial charge in [-0.3, -0.25) is 9.59 Å². The van der Waals surface area contributed by atoms with E-state index in [4.69, 9.17) is 4.42 Å². The number of benzene rings is 1. The summed E-state index contributed by atoms with van der Waals surface area (Å²) in [6.07, 6.45) is 1.81. The first-order valence-electron chi connectivity index (χ1n) is 7.91. The Morgan fingerprint density at radius 1 is 0.957 bits per heavy atom. The summed E-state index contributed by atoms with van der Waals surface area (Å²) in [5.74, 6) is 0.946. The molecule has 0 aliphatic rings. The van der Waals surface area contributed by atoms with Gasteiger partial charge in [0.1, 0.15) is 23.1 Å². The molecule has 0 N–H and O–H groups in total. The zero-order chi connectivity index (χ0) is 16.8. The lowest BCUT2D eigenvalue weighted by Crippen LogP contribution is -2.25. The third-order valence-electron chi connectivity index (χ3n) is 3.89. The number of ketones is 2. The third kappa shape index (κ3) is 4.90. The van der Waals surface area contributed by atoms with Crippen molar-refractivity contribution >= 4 is 27.5 Å². The first-order valence-corrected chi connectivity index (χ1v) is 8.70. The Morgan fingerprint density at radius 3 is 2.09 bits per heavy atom. The van der Waals surface area contributed by atoms with Crippen LogP contribution in [0.15, 0.2) is 45.3 Å². The van der Waals surface area contributed by atoms with Gasteiger partial charge in [-0.1, -0.05) is 41.9 Å². The Kier molecular flexibility index (Phi) is 6.34. The van der Waals surface area contributed by atoms with Crippen LogP contribution >= 0.6 is 15.9 Å². The molecule has 0 aliphatic heterocycles. The zero-order valence-corrected chi connectivity index (χ0v) is 15.1. The first kappa shape index (κ1) is 17.7. The second-order valence-electron chi connectivity index (χ2n) is 5.57. The average molecular weight is 377 g/mol. The van der Waals surface area contributed by atoms with Gasteiger partial charge in [-0.15, -0.1) is 0 Å². The van der Waals surface area contributed by atoms with E-state index in [-0.39, 0.29) is 11.6 Å². The van der Waals surface area contributed by atoms with Crippen molar-refractivity contribution in [2.24, 2.45) is 5.92 Å². The number of hydrogen-bond donors (Lipinski definition) is 0. The summed E-state index contributed by atoms with van der Waals surface area (Å²) in [6, 6.07) is 11.9. The number of halogens is 1. The number of furan rings is 1. The normalized spacial score (nSPS) is 11.0.